The van der Waals surface area contributed by atoms with Gasteiger partial charge >= 0.3 is 0 Å². The average Bonchev–Trinajstić information content (AvgIpc) is 2.67. The molecule has 27 heavy (non-hydrogen) atoms. The van der Waals surface area contributed by atoms with Crippen molar-refractivity contribution in [2.75, 3.05) is 20.1 Å². The van der Waals surface area contributed by atoms with Gasteiger partial charge in [0.15, 0.2) is 5.41 Å². The molecule has 8 nitrogen and oxygen atoms in total. The molecule has 0 radical (unpaired) electrons. The van der Waals surface area contributed by atoms with Gasteiger partial charge < -0.3 is 10.6 Å². The van der Waals surface area contributed by atoms with Crippen LogP contribution in [0.1, 0.15) is 11.5 Å². The van der Waals surface area contributed by atoms with Gasteiger partial charge in [0, 0.05) is 36.6 Å². The number of nitrogens with two attached hydrogens (primary N) is 1. The first-order chi connectivity index (χ1) is 12.9. The van der Waals surface area contributed by atoms with Crippen LogP contribution in [0.15, 0.2) is 47.2 Å². The fourth-order valence-corrected chi connectivity index (χ4v) is 4.08. The Kier molecular flexibility index (Phi) is 4.41. The van der Waals surface area contributed by atoms with Gasteiger partial charge in [-0.3, -0.25) is 10.1 Å². The standard InChI is InChI=1S/C19H16N6O2/c1-24-7-6-12-14(8-20)18(23)19(10-21,11-22)17(15(12)9-24)13-4-2-3-5-16(13)25(26)27/h2-6,15,17H,7,9,23H2,1H3. The third-order valence-corrected chi connectivity index (χ3v) is 5.32. The zero-order valence-electron chi connectivity index (χ0n) is 14.6. The maximum absolute atomic E-state index is 11.6. The minimum Gasteiger partial charge on any atom is -0.399 e. The van der Waals surface area contributed by atoms with Crippen molar-refractivity contribution in [3.63, 3.8) is 0 Å². The Morgan fingerprint density at radius 3 is 2.56 bits per heavy atom. The van der Waals surface area contributed by atoms with Crippen LogP contribution in [-0.4, -0.2) is 30.0 Å². The summed E-state index contributed by atoms with van der Waals surface area (Å²) in [6, 6.07) is 12.1. The van der Waals surface area contributed by atoms with Gasteiger partial charge in [-0.05, 0) is 12.6 Å². The number of nitriles is 3. The van der Waals surface area contributed by atoms with Gasteiger partial charge in [-0.1, -0.05) is 24.3 Å². The molecule has 0 saturated heterocycles. The first kappa shape index (κ1) is 18.1. The Morgan fingerprint density at radius 1 is 1.30 bits per heavy atom. The Bertz CT molecular complexity index is 990. The van der Waals surface area contributed by atoms with Gasteiger partial charge in [-0.2, -0.15) is 15.8 Å². The third kappa shape index (κ3) is 2.54. The van der Waals surface area contributed by atoms with Crippen molar-refractivity contribution in [3.05, 3.63) is 62.9 Å². The van der Waals surface area contributed by atoms with Crippen molar-refractivity contribution in [1.29, 1.82) is 15.8 Å². The molecular formula is C19H16N6O2. The quantitative estimate of drug-likeness (QED) is 0.627. The number of para-hydroxylation sites is 1. The number of hydrogen-bond donors (Lipinski definition) is 1. The van der Waals surface area contributed by atoms with Crippen LogP contribution in [0.4, 0.5) is 5.69 Å². The average molecular weight is 360 g/mol. The summed E-state index contributed by atoms with van der Waals surface area (Å²) in [6.07, 6.45) is 1.85. The molecule has 3 rings (SSSR count). The Hall–Kier alpha value is -3.67. The molecule has 0 saturated carbocycles. The summed E-state index contributed by atoms with van der Waals surface area (Å²) >= 11 is 0. The van der Waals surface area contributed by atoms with Crippen LogP contribution in [0, 0.1) is 55.4 Å². The predicted octanol–water partition coefficient (Wildman–Crippen LogP) is 1.95. The molecule has 2 atom stereocenters. The summed E-state index contributed by atoms with van der Waals surface area (Å²) in [6.45, 7) is 1.03. The van der Waals surface area contributed by atoms with Gasteiger partial charge in [-0.25, -0.2) is 0 Å². The van der Waals surface area contributed by atoms with E-state index in [1.165, 1.54) is 12.1 Å². The second-order valence-electron chi connectivity index (χ2n) is 6.71. The van der Waals surface area contributed by atoms with Gasteiger partial charge in [-0.15, -0.1) is 0 Å². The highest BCUT2D eigenvalue weighted by molar-refractivity contribution is 5.61. The molecule has 0 amide bonds. The van der Waals surface area contributed by atoms with Crippen molar-refractivity contribution in [1.82, 2.24) is 4.90 Å². The number of hydrogen-bond acceptors (Lipinski definition) is 7. The lowest BCUT2D eigenvalue weighted by molar-refractivity contribution is -0.385. The van der Waals surface area contributed by atoms with Crippen LogP contribution >= 0.6 is 0 Å². The minimum absolute atomic E-state index is 0.131. The van der Waals surface area contributed by atoms with E-state index in [4.69, 9.17) is 5.73 Å². The van der Waals surface area contributed by atoms with Crippen LogP contribution < -0.4 is 5.73 Å². The van der Waals surface area contributed by atoms with Crippen LogP contribution in [-0.2, 0) is 0 Å². The fraction of sp³-hybridized carbons (Fsp3) is 0.316. The molecule has 2 N–H and O–H groups in total. The highest BCUT2D eigenvalue weighted by Gasteiger charge is 2.55. The predicted molar refractivity (Wildman–Crippen MR) is 95.4 cm³/mol. The third-order valence-electron chi connectivity index (χ3n) is 5.32. The number of fused-ring (bicyclic) bond motifs is 1. The first-order valence-electron chi connectivity index (χ1n) is 8.26. The molecule has 134 valence electrons. The van der Waals surface area contributed by atoms with Crippen molar-refractivity contribution < 1.29 is 4.92 Å². The molecule has 1 aromatic carbocycles. The summed E-state index contributed by atoms with van der Waals surface area (Å²) in [5.41, 5.74) is 5.06. The molecule has 2 aliphatic rings. The van der Waals surface area contributed by atoms with E-state index in [2.05, 4.69) is 0 Å². The molecule has 8 heteroatoms. The summed E-state index contributed by atoms with van der Waals surface area (Å²) in [5.74, 6) is -1.30. The molecule has 0 bridgehead atoms. The molecule has 0 fully saturated rings. The SMILES string of the molecule is CN1CC=C2C(C#N)=C(N)C(C#N)(C#N)C(c3ccccc3[N+](=O)[O-])C2C1. The van der Waals surface area contributed by atoms with E-state index in [0.717, 1.165) is 0 Å². The summed E-state index contributed by atoms with van der Waals surface area (Å²) in [4.78, 5) is 13.1. The number of nitro benzene ring substituents is 1. The van der Waals surface area contributed by atoms with E-state index in [9.17, 15) is 25.9 Å². The van der Waals surface area contributed by atoms with Crippen molar-refractivity contribution >= 4 is 5.69 Å². The van der Waals surface area contributed by atoms with E-state index in [1.807, 2.05) is 36.2 Å². The summed E-state index contributed by atoms with van der Waals surface area (Å²) < 4.78 is 0. The van der Waals surface area contributed by atoms with E-state index < -0.39 is 22.2 Å². The lowest BCUT2D eigenvalue weighted by Gasteiger charge is -2.44. The summed E-state index contributed by atoms with van der Waals surface area (Å²) in [7, 11) is 1.87. The van der Waals surface area contributed by atoms with Gasteiger partial charge in [0.2, 0.25) is 0 Å². The zero-order valence-corrected chi connectivity index (χ0v) is 14.6. The fourth-order valence-electron chi connectivity index (χ4n) is 4.08. The topological polar surface area (TPSA) is 144 Å². The van der Waals surface area contributed by atoms with Crippen molar-refractivity contribution in [2.24, 2.45) is 17.1 Å². The summed E-state index contributed by atoms with van der Waals surface area (Å²) in [5, 5.41) is 41.1. The van der Waals surface area contributed by atoms with Gasteiger partial charge in [0.05, 0.1) is 28.3 Å². The van der Waals surface area contributed by atoms with Crippen LogP contribution in [0.3, 0.4) is 0 Å². The molecule has 2 unspecified atom stereocenters. The number of likely N-dealkylation sites (N-methyl/N-ethyl adjacent to an activating group) is 1. The Labute approximate surface area is 156 Å². The van der Waals surface area contributed by atoms with Gasteiger partial charge in [0.25, 0.3) is 5.69 Å². The highest BCUT2D eigenvalue weighted by atomic mass is 16.6. The first-order valence-corrected chi connectivity index (χ1v) is 8.26. The maximum atomic E-state index is 11.6. The highest BCUT2D eigenvalue weighted by Crippen LogP contribution is 2.55. The smallest absolute Gasteiger partial charge is 0.272 e. The molecule has 1 heterocycles. The number of allylic oxidation sites excluding steroid dienone is 2. The maximum Gasteiger partial charge on any atom is 0.272 e. The molecule has 0 spiro atoms. The van der Waals surface area contributed by atoms with E-state index in [1.54, 1.807) is 12.1 Å². The van der Waals surface area contributed by atoms with E-state index >= 15 is 0 Å². The molecular weight excluding hydrogens is 344 g/mol. The second-order valence-corrected chi connectivity index (χ2v) is 6.71. The number of rotatable bonds is 2. The van der Waals surface area contributed by atoms with E-state index in [0.29, 0.717) is 18.7 Å². The lowest BCUT2D eigenvalue weighted by Crippen LogP contribution is -2.47. The van der Waals surface area contributed by atoms with Crippen LogP contribution in [0.5, 0.6) is 0 Å². The molecule has 1 aliphatic heterocycles. The molecule has 1 aliphatic carbocycles. The van der Waals surface area contributed by atoms with Crippen molar-refractivity contribution in [3.8, 4) is 18.2 Å². The number of benzene rings is 1. The minimum atomic E-state index is -1.86. The van der Waals surface area contributed by atoms with Crippen LogP contribution in [0.2, 0.25) is 0 Å². The largest absolute Gasteiger partial charge is 0.399 e. The second kappa shape index (κ2) is 6.57. The zero-order chi connectivity index (χ0) is 19.8. The molecule has 1 aromatic rings. The van der Waals surface area contributed by atoms with Crippen LogP contribution in [0.25, 0.3) is 0 Å². The van der Waals surface area contributed by atoms with E-state index in [-0.39, 0.29) is 22.5 Å². The normalized spacial score (nSPS) is 24.0. The Morgan fingerprint density at radius 2 is 1.96 bits per heavy atom. The Balaban J connectivity index is 2.40. The molecule has 0 aromatic heterocycles. The van der Waals surface area contributed by atoms with Gasteiger partial charge in [0.1, 0.15) is 6.07 Å². The van der Waals surface area contributed by atoms with Crippen molar-refractivity contribution in [2.45, 2.75) is 5.92 Å². The number of nitrogens with zero attached hydrogens (tertiary/aromatic N) is 5. The monoisotopic (exact) mass is 360 g/mol. The number of nitro groups is 1. The lowest BCUT2D eigenvalue weighted by atomic mass is 9.58.